The van der Waals surface area contributed by atoms with Crippen molar-refractivity contribution < 1.29 is 4.74 Å². The van der Waals surface area contributed by atoms with E-state index in [1.165, 1.54) is 5.39 Å². The summed E-state index contributed by atoms with van der Waals surface area (Å²) in [6.07, 6.45) is 1.57. The number of halogens is 1. The van der Waals surface area contributed by atoms with E-state index in [9.17, 15) is 0 Å². The largest absolute Gasteiger partial charge is 0.439 e. The Morgan fingerprint density at radius 3 is 2.50 bits per heavy atom. The maximum absolute atomic E-state index is 5.77. The molecule has 88 valence electrons. The maximum atomic E-state index is 5.77. The third kappa shape index (κ3) is 2.29. The quantitative estimate of drug-likeness (QED) is 0.663. The summed E-state index contributed by atoms with van der Waals surface area (Å²) in [7, 11) is 0. The van der Waals surface area contributed by atoms with Crippen molar-refractivity contribution in [1.82, 2.24) is 4.98 Å². The molecular formula is C15H10ClNO. The van der Waals surface area contributed by atoms with E-state index in [4.69, 9.17) is 16.3 Å². The van der Waals surface area contributed by atoms with Gasteiger partial charge in [-0.1, -0.05) is 41.9 Å². The third-order valence-electron chi connectivity index (χ3n) is 2.64. The normalized spacial score (nSPS) is 10.5. The summed E-state index contributed by atoms with van der Waals surface area (Å²) in [5.74, 6) is 1.30. The fourth-order valence-electron chi connectivity index (χ4n) is 1.77. The zero-order chi connectivity index (χ0) is 12.4. The molecule has 0 aliphatic rings. The van der Waals surface area contributed by atoms with Crippen molar-refractivity contribution in [3.8, 4) is 11.6 Å². The molecule has 0 fully saturated rings. The first kappa shape index (κ1) is 11.1. The minimum atomic E-state index is 0.537. The van der Waals surface area contributed by atoms with E-state index < -0.39 is 0 Å². The van der Waals surface area contributed by atoms with Gasteiger partial charge in [-0.25, -0.2) is 4.98 Å². The van der Waals surface area contributed by atoms with Gasteiger partial charge in [-0.2, -0.15) is 0 Å². The molecule has 0 amide bonds. The first-order valence-corrected chi connectivity index (χ1v) is 5.97. The summed E-state index contributed by atoms with van der Waals surface area (Å²) >= 11 is 5.77. The number of nitrogens with zero attached hydrogens (tertiary/aromatic N) is 1. The molecule has 0 saturated carbocycles. The molecular weight excluding hydrogens is 246 g/mol. The first-order chi connectivity index (χ1) is 8.81. The summed E-state index contributed by atoms with van der Waals surface area (Å²) in [6.45, 7) is 0. The number of fused-ring (bicyclic) bond motifs is 1. The molecule has 2 nitrogen and oxygen atoms in total. The van der Waals surface area contributed by atoms with Crippen molar-refractivity contribution in [2.75, 3.05) is 0 Å². The highest BCUT2D eigenvalue weighted by Gasteiger charge is 2.00. The molecule has 1 aromatic heterocycles. The molecule has 18 heavy (non-hydrogen) atoms. The van der Waals surface area contributed by atoms with Crippen LogP contribution in [0.4, 0.5) is 0 Å². The minimum Gasteiger partial charge on any atom is -0.439 e. The zero-order valence-electron chi connectivity index (χ0n) is 9.51. The third-order valence-corrected chi connectivity index (χ3v) is 2.87. The van der Waals surface area contributed by atoms with Crippen LogP contribution in [-0.2, 0) is 0 Å². The van der Waals surface area contributed by atoms with Crippen molar-refractivity contribution in [3.63, 3.8) is 0 Å². The minimum absolute atomic E-state index is 0.537. The van der Waals surface area contributed by atoms with Gasteiger partial charge in [0.05, 0.1) is 5.02 Å². The van der Waals surface area contributed by atoms with Gasteiger partial charge >= 0.3 is 0 Å². The Bertz CT molecular complexity index is 679. The molecule has 2 aromatic carbocycles. The van der Waals surface area contributed by atoms with Crippen LogP contribution in [0.5, 0.6) is 11.6 Å². The van der Waals surface area contributed by atoms with Gasteiger partial charge in [0.2, 0.25) is 5.88 Å². The topological polar surface area (TPSA) is 22.1 Å². The molecule has 0 atom stereocenters. The Kier molecular flexibility index (Phi) is 2.87. The van der Waals surface area contributed by atoms with Crippen LogP contribution in [0.25, 0.3) is 10.8 Å². The SMILES string of the molecule is Clc1ccc(Oc2ccc3ccccc3c2)nc1. The van der Waals surface area contributed by atoms with Gasteiger partial charge in [-0.05, 0) is 29.0 Å². The molecule has 3 rings (SSSR count). The molecule has 3 aromatic rings. The van der Waals surface area contributed by atoms with Crippen LogP contribution in [0.2, 0.25) is 5.02 Å². The molecule has 0 spiro atoms. The molecule has 0 unspecified atom stereocenters. The van der Waals surface area contributed by atoms with E-state index in [1.807, 2.05) is 30.3 Å². The molecule has 0 radical (unpaired) electrons. The molecule has 0 bridgehead atoms. The van der Waals surface area contributed by atoms with Crippen molar-refractivity contribution in [2.24, 2.45) is 0 Å². The molecule has 3 heteroatoms. The number of ether oxygens (including phenoxy) is 1. The second kappa shape index (κ2) is 4.67. The summed E-state index contributed by atoms with van der Waals surface area (Å²) in [4.78, 5) is 4.10. The van der Waals surface area contributed by atoms with E-state index in [-0.39, 0.29) is 0 Å². The summed E-state index contributed by atoms with van der Waals surface area (Å²) in [6, 6.07) is 17.6. The maximum Gasteiger partial charge on any atom is 0.219 e. The van der Waals surface area contributed by atoms with Gasteiger partial charge in [-0.15, -0.1) is 0 Å². The highest BCUT2D eigenvalue weighted by molar-refractivity contribution is 6.30. The number of hydrogen-bond donors (Lipinski definition) is 0. The average Bonchev–Trinajstić information content (AvgIpc) is 2.41. The fraction of sp³-hybridized carbons (Fsp3) is 0. The van der Waals surface area contributed by atoms with Gasteiger partial charge in [0.1, 0.15) is 5.75 Å². The summed E-state index contributed by atoms with van der Waals surface area (Å²) in [5, 5.41) is 2.93. The number of hydrogen-bond acceptors (Lipinski definition) is 2. The number of aromatic nitrogens is 1. The van der Waals surface area contributed by atoms with Crippen LogP contribution in [0, 0.1) is 0 Å². The van der Waals surface area contributed by atoms with Crippen LogP contribution in [0.1, 0.15) is 0 Å². The fourth-order valence-corrected chi connectivity index (χ4v) is 1.89. The van der Waals surface area contributed by atoms with Gasteiger partial charge in [0.25, 0.3) is 0 Å². The second-order valence-electron chi connectivity index (χ2n) is 3.93. The van der Waals surface area contributed by atoms with Crippen molar-refractivity contribution in [1.29, 1.82) is 0 Å². The molecule has 0 aliphatic carbocycles. The number of rotatable bonds is 2. The van der Waals surface area contributed by atoms with E-state index in [2.05, 4.69) is 17.1 Å². The van der Waals surface area contributed by atoms with Crippen LogP contribution < -0.4 is 4.74 Å². The zero-order valence-corrected chi connectivity index (χ0v) is 10.3. The lowest BCUT2D eigenvalue weighted by Gasteiger charge is -2.05. The lowest BCUT2D eigenvalue weighted by molar-refractivity contribution is 0.463. The van der Waals surface area contributed by atoms with Crippen molar-refractivity contribution in [3.05, 3.63) is 65.8 Å². The Balaban J connectivity index is 1.92. The van der Waals surface area contributed by atoms with E-state index in [0.717, 1.165) is 11.1 Å². The smallest absolute Gasteiger partial charge is 0.219 e. The van der Waals surface area contributed by atoms with Gasteiger partial charge in [-0.3, -0.25) is 0 Å². The van der Waals surface area contributed by atoms with Gasteiger partial charge < -0.3 is 4.74 Å². The monoisotopic (exact) mass is 255 g/mol. The predicted molar refractivity (Wildman–Crippen MR) is 73.3 cm³/mol. The van der Waals surface area contributed by atoms with E-state index >= 15 is 0 Å². The Morgan fingerprint density at radius 1 is 0.889 bits per heavy atom. The van der Waals surface area contributed by atoms with Crippen LogP contribution in [-0.4, -0.2) is 4.98 Å². The average molecular weight is 256 g/mol. The van der Waals surface area contributed by atoms with Crippen molar-refractivity contribution in [2.45, 2.75) is 0 Å². The summed E-state index contributed by atoms with van der Waals surface area (Å²) < 4.78 is 5.67. The van der Waals surface area contributed by atoms with Crippen LogP contribution in [0.15, 0.2) is 60.8 Å². The number of pyridine rings is 1. The lowest BCUT2D eigenvalue weighted by Crippen LogP contribution is -1.87. The summed E-state index contributed by atoms with van der Waals surface area (Å²) in [5.41, 5.74) is 0. The first-order valence-electron chi connectivity index (χ1n) is 5.59. The van der Waals surface area contributed by atoms with Gasteiger partial charge in [0.15, 0.2) is 0 Å². The highest BCUT2D eigenvalue weighted by atomic mass is 35.5. The number of benzene rings is 2. The van der Waals surface area contributed by atoms with E-state index in [1.54, 1.807) is 18.3 Å². The molecule has 0 saturated heterocycles. The van der Waals surface area contributed by atoms with Gasteiger partial charge in [0, 0.05) is 12.3 Å². The molecule has 1 heterocycles. The van der Waals surface area contributed by atoms with E-state index in [0.29, 0.717) is 10.9 Å². The lowest BCUT2D eigenvalue weighted by atomic mass is 10.1. The standard InChI is InChI=1S/C15H10ClNO/c16-13-6-8-15(17-10-13)18-14-7-5-11-3-1-2-4-12(11)9-14/h1-10H. The highest BCUT2D eigenvalue weighted by Crippen LogP contribution is 2.24. The Labute approximate surface area is 110 Å². The second-order valence-corrected chi connectivity index (χ2v) is 4.36. The molecule has 0 aliphatic heterocycles. The van der Waals surface area contributed by atoms with Crippen LogP contribution in [0.3, 0.4) is 0 Å². The predicted octanol–water partition coefficient (Wildman–Crippen LogP) is 4.68. The van der Waals surface area contributed by atoms with Crippen molar-refractivity contribution >= 4 is 22.4 Å². The Morgan fingerprint density at radius 2 is 1.72 bits per heavy atom. The Hall–Kier alpha value is -2.06. The van der Waals surface area contributed by atoms with Crippen LogP contribution >= 0.6 is 11.6 Å². The molecule has 0 N–H and O–H groups in total.